The fourth-order valence-corrected chi connectivity index (χ4v) is 2.16. The Kier molecular flexibility index (Phi) is 4.56. The van der Waals surface area contributed by atoms with Gasteiger partial charge in [-0.05, 0) is 20.3 Å². The third-order valence-electron chi connectivity index (χ3n) is 3.41. The van der Waals surface area contributed by atoms with Crippen LogP contribution in [0.15, 0.2) is 0 Å². The third-order valence-corrected chi connectivity index (χ3v) is 3.41. The van der Waals surface area contributed by atoms with Crippen molar-refractivity contribution in [2.45, 2.75) is 52.4 Å². The first kappa shape index (κ1) is 12.9. The van der Waals surface area contributed by atoms with Crippen molar-refractivity contribution in [1.82, 2.24) is 5.32 Å². The van der Waals surface area contributed by atoms with Crippen LogP contribution in [-0.4, -0.2) is 38.5 Å². The minimum absolute atomic E-state index is 0.257. The Balaban J connectivity index is 2.14. The molecule has 0 saturated heterocycles. The summed E-state index contributed by atoms with van der Waals surface area (Å²) in [5.41, 5.74) is 0.257. The van der Waals surface area contributed by atoms with Gasteiger partial charge in [0.15, 0.2) is 0 Å². The fourth-order valence-electron chi connectivity index (χ4n) is 2.16. The van der Waals surface area contributed by atoms with Crippen molar-refractivity contribution in [1.29, 1.82) is 0 Å². The molecular formula is C12H25NO2. The number of rotatable bonds is 6. The van der Waals surface area contributed by atoms with Crippen molar-refractivity contribution in [3.8, 4) is 0 Å². The molecule has 90 valence electrons. The van der Waals surface area contributed by atoms with Gasteiger partial charge < -0.3 is 14.8 Å². The van der Waals surface area contributed by atoms with E-state index in [4.69, 9.17) is 9.47 Å². The molecule has 2 atom stereocenters. The molecule has 1 rings (SSSR count). The topological polar surface area (TPSA) is 30.5 Å². The molecule has 0 aromatic rings. The molecule has 1 fully saturated rings. The van der Waals surface area contributed by atoms with Crippen molar-refractivity contribution in [3.63, 3.8) is 0 Å². The minimum atomic E-state index is 0.257. The number of ether oxygens (including phenoxy) is 2. The molecule has 0 radical (unpaired) electrons. The van der Waals surface area contributed by atoms with Crippen molar-refractivity contribution < 1.29 is 9.47 Å². The van der Waals surface area contributed by atoms with Gasteiger partial charge in [0.2, 0.25) is 0 Å². The fraction of sp³-hybridized carbons (Fsp3) is 1.00. The Hall–Kier alpha value is -0.120. The van der Waals surface area contributed by atoms with Crippen LogP contribution in [0.3, 0.4) is 0 Å². The van der Waals surface area contributed by atoms with Gasteiger partial charge in [-0.2, -0.15) is 0 Å². The van der Waals surface area contributed by atoms with E-state index in [0.29, 0.717) is 18.2 Å². The van der Waals surface area contributed by atoms with Crippen molar-refractivity contribution in [3.05, 3.63) is 0 Å². The molecule has 3 heteroatoms. The highest BCUT2D eigenvalue weighted by Gasteiger charge is 2.47. The third kappa shape index (κ3) is 3.16. The highest BCUT2D eigenvalue weighted by Crippen LogP contribution is 2.42. The molecule has 3 nitrogen and oxygen atoms in total. The van der Waals surface area contributed by atoms with Gasteiger partial charge in [0.05, 0.1) is 18.8 Å². The van der Waals surface area contributed by atoms with Crippen molar-refractivity contribution in [2.24, 2.45) is 5.41 Å². The summed E-state index contributed by atoms with van der Waals surface area (Å²) >= 11 is 0. The number of methoxy groups -OCH3 is 1. The van der Waals surface area contributed by atoms with Gasteiger partial charge in [0.25, 0.3) is 0 Å². The maximum absolute atomic E-state index is 5.49. The van der Waals surface area contributed by atoms with E-state index in [1.54, 1.807) is 7.11 Å². The second kappa shape index (κ2) is 5.28. The summed E-state index contributed by atoms with van der Waals surface area (Å²) in [5, 5.41) is 3.52. The Labute approximate surface area is 93.5 Å². The van der Waals surface area contributed by atoms with Crippen LogP contribution in [-0.2, 0) is 9.47 Å². The van der Waals surface area contributed by atoms with Gasteiger partial charge in [-0.1, -0.05) is 13.8 Å². The Morgan fingerprint density at radius 1 is 1.40 bits per heavy atom. The largest absolute Gasteiger partial charge is 0.381 e. The molecule has 1 N–H and O–H groups in total. The van der Waals surface area contributed by atoms with Crippen LogP contribution in [0.1, 0.15) is 34.1 Å². The first-order valence-corrected chi connectivity index (χ1v) is 5.86. The lowest BCUT2D eigenvalue weighted by Gasteiger charge is -2.51. The maximum atomic E-state index is 5.49. The summed E-state index contributed by atoms with van der Waals surface area (Å²) < 4.78 is 10.9. The summed E-state index contributed by atoms with van der Waals surface area (Å²) in [4.78, 5) is 0. The van der Waals surface area contributed by atoms with E-state index in [1.165, 1.54) is 0 Å². The molecular weight excluding hydrogens is 190 g/mol. The Bertz CT molecular complexity index is 192. The second-order valence-electron chi connectivity index (χ2n) is 5.21. The highest BCUT2D eigenvalue weighted by molar-refractivity contribution is 5.02. The van der Waals surface area contributed by atoms with Crippen molar-refractivity contribution in [2.75, 3.05) is 20.3 Å². The monoisotopic (exact) mass is 215 g/mol. The summed E-state index contributed by atoms with van der Waals surface area (Å²) in [5.74, 6) is 0. The average molecular weight is 215 g/mol. The molecule has 0 aromatic carbocycles. The standard InChI is InChI=1S/C12H25NO2/c1-9(2)15-7-6-13-10-8-11(14-5)12(10,3)4/h9-11,13H,6-8H2,1-5H3. The van der Waals surface area contributed by atoms with Gasteiger partial charge in [-0.15, -0.1) is 0 Å². The predicted molar refractivity (Wildman–Crippen MR) is 62.1 cm³/mol. The molecule has 0 amide bonds. The number of hydrogen-bond acceptors (Lipinski definition) is 3. The first-order valence-electron chi connectivity index (χ1n) is 5.86. The zero-order valence-corrected chi connectivity index (χ0v) is 10.7. The second-order valence-corrected chi connectivity index (χ2v) is 5.21. The van der Waals surface area contributed by atoms with E-state index >= 15 is 0 Å². The van der Waals surface area contributed by atoms with E-state index in [0.717, 1.165) is 19.6 Å². The zero-order valence-electron chi connectivity index (χ0n) is 10.7. The first-order chi connectivity index (χ1) is 6.98. The van der Waals surface area contributed by atoms with Gasteiger partial charge >= 0.3 is 0 Å². The van der Waals surface area contributed by atoms with Gasteiger partial charge in [0.1, 0.15) is 0 Å². The molecule has 0 aromatic heterocycles. The van der Waals surface area contributed by atoms with Crippen LogP contribution in [0.4, 0.5) is 0 Å². The quantitative estimate of drug-likeness (QED) is 0.686. The summed E-state index contributed by atoms with van der Waals surface area (Å²) in [7, 11) is 1.80. The summed E-state index contributed by atoms with van der Waals surface area (Å²) in [6.45, 7) is 10.4. The van der Waals surface area contributed by atoms with Crippen LogP contribution in [0.5, 0.6) is 0 Å². The summed E-state index contributed by atoms with van der Waals surface area (Å²) in [6.07, 6.45) is 1.85. The van der Waals surface area contributed by atoms with Gasteiger partial charge in [-0.3, -0.25) is 0 Å². The van der Waals surface area contributed by atoms with E-state index in [-0.39, 0.29) is 5.41 Å². The molecule has 2 unspecified atom stereocenters. The maximum Gasteiger partial charge on any atom is 0.0652 e. The van der Waals surface area contributed by atoms with Gasteiger partial charge in [0, 0.05) is 25.1 Å². The molecule has 1 aliphatic rings. The van der Waals surface area contributed by atoms with Crippen LogP contribution < -0.4 is 5.32 Å². The molecule has 0 aliphatic heterocycles. The normalized spacial score (nSPS) is 29.2. The summed E-state index contributed by atoms with van der Waals surface area (Å²) in [6, 6.07) is 0.568. The van der Waals surface area contributed by atoms with E-state index < -0.39 is 0 Å². The average Bonchev–Trinajstić information content (AvgIpc) is 2.15. The number of nitrogens with one attached hydrogen (secondary N) is 1. The smallest absolute Gasteiger partial charge is 0.0652 e. The highest BCUT2D eigenvalue weighted by atomic mass is 16.5. The zero-order chi connectivity index (χ0) is 11.5. The van der Waals surface area contributed by atoms with E-state index in [1.807, 2.05) is 0 Å². The van der Waals surface area contributed by atoms with Gasteiger partial charge in [-0.25, -0.2) is 0 Å². The van der Waals surface area contributed by atoms with Crippen LogP contribution >= 0.6 is 0 Å². The Morgan fingerprint density at radius 3 is 2.53 bits per heavy atom. The predicted octanol–water partition coefficient (Wildman–Crippen LogP) is 1.81. The van der Waals surface area contributed by atoms with E-state index in [2.05, 4.69) is 33.0 Å². The number of hydrogen-bond donors (Lipinski definition) is 1. The van der Waals surface area contributed by atoms with Crippen molar-refractivity contribution >= 4 is 0 Å². The Morgan fingerprint density at radius 2 is 2.07 bits per heavy atom. The molecule has 15 heavy (non-hydrogen) atoms. The molecule has 0 spiro atoms. The lowest BCUT2D eigenvalue weighted by molar-refractivity contribution is -0.0986. The van der Waals surface area contributed by atoms with Crippen LogP contribution in [0, 0.1) is 5.41 Å². The van der Waals surface area contributed by atoms with Crippen LogP contribution in [0.2, 0.25) is 0 Å². The molecule has 1 saturated carbocycles. The molecule has 0 heterocycles. The SMILES string of the molecule is COC1CC(NCCOC(C)C)C1(C)C. The molecule has 0 bridgehead atoms. The minimum Gasteiger partial charge on any atom is -0.381 e. The molecule has 1 aliphatic carbocycles. The van der Waals surface area contributed by atoms with E-state index in [9.17, 15) is 0 Å². The lowest BCUT2D eigenvalue weighted by Crippen LogP contribution is -2.61. The van der Waals surface area contributed by atoms with Crippen LogP contribution in [0.25, 0.3) is 0 Å². The lowest BCUT2D eigenvalue weighted by atomic mass is 9.64.